The van der Waals surface area contributed by atoms with Crippen molar-refractivity contribution in [3.05, 3.63) is 77.4 Å². The van der Waals surface area contributed by atoms with Crippen LogP contribution in [0.1, 0.15) is 16.7 Å². The van der Waals surface area contributed by atoms with Crippen LogP contribution in [0, 0.1) is 13.8 Å². The summed E-state index contributed by atoms with van der Waals surface area (Å²) < 4.78 is 38.2. The molecule has 4 rings (SSSR count). The highest BCUT2D eigenvalue weighted by Crippen LogP contribution is 2.32. The molecule has 0 fully saturated rings. The molecule has 0 bridgehead atoms. The van der Waals surface area contributed by atoms with Gasteiger partial charge in [0.05, 0.1) is 22.5 Å². The summed E-state index contributed by atoms with van der Waals surface area (Å²) in [6.45, 7) is 4.08. The fraction of sp³-hybridized carbons (Fsp3) is 0.136. The van der Waals surface area contributed by atoms with Gasteiger partial charge in [0.2, 0.25) is 0 Å². The topological polar surface area (TPSA) is 28.7 Å². The summed E-state index contributed by atoms with van der Waals surface area (Å²) in [4.78, 5) is 8.04. The molecule has 0 aliphatic heterocycles. The van der Waals surface area contributed by atoms with Gasteiger partial charge in [0.25, 0.3) is 0 Å². The SMILES string of the molecule is Cc1ccc(C)c2nc(-c3ccc(-c4ccc(C(F)(F)F)cc4)[nH]3)ccc12. The first-order valence-corrected chi connectivity index (χ1v) is 8.57. The van der Waals surface area contributed by atoms with E-state index < -0.39 is 11.7 Å². The van der Waals surface area contributed by atoms with Crippen molar-refractivity contribution in [2.24, 2.45) is 0 Å². The van der Waals surface area contributed by atoms with Crippen LogP contribution in [-0.4, -0.2) is 9.97 Å². The number of aryl methyl sites for hydroxylation is 2. The number of pyridine rings is 1. The van der Waals surface area contributed by atoms with Crippen LogP contribution in [0.2, 0.25) is 0 Å². The summed E-state index contributed by atoms with van der Waals surface area (Å²) in [6.07, 6.45) is -4.33. The Kier molecular flexibility index (Phi) is 4.02. The first-order chi connectivity index (χ1) is 12.8. The normalized spacial score (nSPS) is 11.9. The number of aromatic amines is 1. The maximum Gasteiger partial charge on any atom is 0.416 e. The maximum absolute atomic E-state index is 12.7. The number of benzene rings is 2. The minimum absolute atomic E-state index is 0.653. The second-order valence-corrected chi connectivity index (χ2v) is 6.65. The highest BCUT2D eigenvalue weighted by molar-refractivity contribution is 5.87. The smallest absolute Gasteiger partial charge is 0.353 e. The third-order valence-electron chi connectivity index (χ3n) is 4.76. The summed E-state index contributed by atoms with van der Waals surface area (Å²) in [5, 5.41) is 1.12. The van der Waals surface area contributed by atoms with Crippen LogP contribution in [0.5, 0.6) is 0 Å². The van der Waals surface area contributed by atoms with Crippen molar-refractivity contribution < 1.29 is 13.2 Å². The lowest BCUT2D eigenvalue weighted by Crippen LogP contribution is -2.03. The Morgan fingerprint density at radius 2 is 1.41 bits per heavy atom. The van der Waals surface area contributed by atoms with E-state index in [0.717, 1.165) is 45.7 Å². The molecule has 1 N–H and O–H groups in total. The molecule has 2 aromatic carbocycles. The second kappa shape index (κ2) is 6.27. The zero-order valence-corrected chi connectivity index (χ0v) is 14.9. The van der Waals surface area contributed by atoms with E-state index in [9.17, 15) is 13.2 Å². The van der Waals surface area contributed by atoms with Gasteiger partial charge in [0.15, 0.2) is 0 Å². The summed E-state index contributed by atoms with van der Waals surface area (Å²) in [5.74, 6) is 0. The number of rotatable bonds is 2. The second-order valence-electron chi connectivity index (χ2n) is 6.65. The van der Waals surface area contributed by atoms with Crippen molar-refractivity contribution in [3.63, 3.8) is 0 Å². The highest BCUT2D eigenvalue weighted by Gasteiger charge is 2.30. The van der Waals surface area contributed by atoms with Crippen LogP contribution >= 0.6 is 0 Å². The summed E-state index contributed by atoms with van der Waals surface area (Å²) in [5.41, 5.74) is 5.66. The van der Waals surface area contributed by atoms with Gasteiger partial charge in [0, 0.05) is 11.1 Å². The number of nitrogens with zero attached hydrogens (tertiary/aromatic N) is 1. The number of H-pyrrole nitrogens is 1. The lowest BCUT2D eigenvalue weighted by molar-refractivity contribution is -0.137. The Hall–Kier alpha value is -3.08. The zero-order chi connectivity index (χ0) is 19.2. The minimum Gasteiger partial charge on any atom is -0.353 e. The van der Waals surface area contributed by atoms with Crippen LogP contribution in [0.3, 0.4) is 0 Å². The van der Waals surface area contributed by atoms with Crippen molar-refractivity contribution in [3.8, 4) is 22.6 Å². The van der Waals surface area contributed by atoms with Crippen molar-refractivity contribution in [1.82, 2.24) is 9.97 Å². The highest BCUT2D eigenvalue weighted by atomic mass is 19.4. The molecule has 0 aliphatic rings. The quantitative estimate of drug-likeness (QED) is 0.429. The van der Waals surface area contributed by atoms with Gasteiger partial charge in [0.1, 0.15) is 0 Å². The van der Waals surface area contributed by atoms with Gasteiger partial charge in [-0.25, -0.2) is 4.98 Å². The molecular weight excluding hydrogens is 349 g/mol. The van der Waals surface area contributed by atoms with E-state index >= 15 is 0 Å². The zero-order valence-electron chi connectivity index (χ0n) is 14.9. The Labute approximate surface area is 154 Å². The lowest BCUT2D eigenvalue weighted by atomic mass is 10.0. The third kappa shape index (κ3) is 3.21. The Morgan fingerprint density at radius 3 is 2.11 bits per heavy atom. The standard InChI is InChI=1S/C22H17F3N2/c1-13-3-4-14(2)21-17(13)9-10-20(27-21)19-12-11-18(26-19)15-5-7-16(8-6-15)22(23,24)25/h3-12,26H,1-2H3. The molecule has 136 valence electrons. The summed E-state index contributed by atoms with van der Waals surface area (Å²) in [7, 11) is 0. The monoisotopic (exact) mass is 366 g/mol. The molecule has 0 radical (unpaired) electrons. The first kappa shape index (κ1) is 17.3. The van der Waals surface area contributed by atoms with E-state index in [1.54, 1.807) is 0 Å². The van der Waals surface area contributed by atoms with Gasteiger partial charge in [-0.2, -0.15) is 13.2 Å². The average Bonchev–Trinajstić information content (AvgIpc) is 3.14. The van der Waals surface area contributed by atoms with Crippen LogP contribution in [0.15, 0.2) is 60.7 Å². The van der Waals surface area contributed by atoms with Gasteiger partial charge >= 0.3 is 6.18 Å². The molecule has 5 heteroatoms. The van der Waals surface area contributed by atoms with Gasteiger partial charge in [-0.15, -0.1) is 0 Å². The summed E-state index contributed by atoms with van der Waals surface area (Å²) in [6, 6.07) is 17.0. The van der Waals surface area contributed by atoms with E-state index in [4.69, 9.17) is 4.98 Å². The van der Waals surface area contributed by atoms with Crippen LogP contribution in [0.4, 0.5) is 13.2 Å². The first-order valence-electron chi connectivity index (χ1n) is 8.57. The van der Waals surface area contributed by atoms with Crippen LogP contribution < -0.4 is 0 Å². The molecule has 0 saturated carbocycles. The molecule has 0 amide bonds. The van der Waals surface area contributed by atoms with Gasteiger partial charge < -0.3 is 4.98 Å². The average molecular weight is 366 g/mol. The molecule has 4 aromatic rings. The number of alkyl halides is 3. The minimum atomic E-state index is -4.33. The molecule has 0 atom stereocenters. The summed E-state index contributed by atoms with van der Waals surface area (Å²) >= 11 is 0. The lowest BCUT2D eigenvalue weighted by Gasteiger charge is -2.08. The molecule has 27 heavy (non-hydrogen) atoms. The predicted octanol–water partition coefficient (Wildman–Crippen LogP) is 6.53. The molecule has 0 saturated heterocycles. The van der Waals surface area contributed by atoms with E-state index in [0.29, 0.717) is 5.56 Å². The Bertz CT molecular complexity index is 1120. The van der Waals surface area contributed by atoms with Crippen LogP contribution in [0.25, 0.3) is 33.5 Å². The molecule has 0 unspecified atom stereocenters. The molecule has 0 spiro atoms. The predicted molar refractivity (Wildman–Crippen MR) is 101 cm³/mol. The molecular formula is C22H17F3N2. The van der Waals surface area contributed by atoms with E-state index in [1.807, 2.05) is 25.1 Å². The number of hydrogen-bond donors (Lipinski definition) is 1. The van der Waals surface area contributed by atoms with Gasteiger partial charge in [-0.1, -0.05) is 30.3 Å². The van der Waals surface area contributed by atoms with E-state index in [2.05, 4.69) is 30.1 Å². The Morgan fingerprint density at radius 1 is 0.741 bits per heavy atom. The number of halogens is 3. The number of hydrogen-bond acceptors (Lipinski definition) is 1. The largest absolute Gasteiger partial charge is 0.416 e. The van der Waals surface area contributed by atoms with Crippen molar-refractivity contribution in [1.29, 1.82) is 0 Å². The third-order valence-corrected chi connectivity index (χ3v) is 4.76. The fourth-order valence-corrected chi connectivity index (χ4v) is 3.20. The fourth-order valence-electron chi connectivity index (χ4n) is 3.20. The molecule has 0 aliphatic carbocycles. The van der Waals surface area contributed by atoms with E-state index in [1.165, 1.54) is 17.7 Å². The van der Waals surface area contributed by atoms with Gasteiger partial charge in [-0.05, 0) is 60.9 Å². The van der Waals surface area contributed by atoms with E-state index in [-0.39, 0.29) is 0 Å². The van der Waals surface area contributed by atoms with Crippen molar-refractivity contribution >= 4 is 10.9 Å². The molecule has 2 nitrogen and oxygen atoms in total. The Balaban J connectivity index is 1.70. The number of aromatic nitrogens is 2. The molecule has 2 aromatic heterocycles. The number of fused-ring (bicyclic) bond motifs is 1. The maximum atomic E-state index is 12.7. The van der Waals surface area contributed by atoms with Gasteiger partial charge in [-0.3, -0.25) is 0 Å². The molecule has 2 heterocycles. The van der Waals surface area contributed by atoms with Crippen LogP contribution in [-0.2, 0) is 6.18 Å². The van der Waals surface area contributed by atoms with Crippen molar-refractivity contribution in [2.45, 2.75) is 20.0 Å². The van der Waals surface area contributed by atoms with Crippen molar-refractivity contribution in [2.75, 3.05) is 0 Å². The number of nitrogens with one attached hydrogen (secondary N) is 1.